The average Bonchev–Trinajstić information content (AvgIpc) is 1.15. The number of likely N-dealkylation sites (tertiary alicyclic amines) is 3. The van der Waals surface area contributed by atoms with Crippen molar-refractivity contribution in [3.05, 3.63) is 231 Å². The van der Waals surface area contributed by atoms with Crippen LogP contribution in [0.3, 0.4) is 0 Å². The second kappa shape index (κ2) is 43.3. The normalized spacial score (nSPS) is 20.5. The minimum absolute atomic E-state index is 0.0872. The number of aromatic nitrogens is 6. The molecule has 0 bridgehead atoms. The van der Waals surface area contributed by atoms with Gasteiger partial charge in [0.25, 0.3) is 5.91 Å². The van der Waals surface area contributed by atoms with Crippen molar-refractivity contribution in [2.45, 2.75) is 134 Å². The maximum Gasteiger partial charge on any atom is 0.318 e. The fourth-order valence-electron chi connectivity index (χ4n) is 20.8. The first kappa shape index (κ1) is 93.5. The highest BCUT2D eigenvalue weighted by Crippen LogP contribution is 2.42. The largest absolute Gasteiger partial charge is 0.492 e. The molecule has 30 heteroatoms. The molecule has 0 spiro atoms. The molecule has 0 aliphatic carbocycles. The van der Waals surface area contributed by atoms with Gasteiger partial charge in [0.15, 0.2) is 5.76 Å². The molecular formula is C103H125N21O9. The number of hydrogen-bond donors (Lipinski definition) is 1. The molecule has 12 heterocycles. The summed E-state index contributed by atoms with van der Waals surface area (Å²) in [6.07, 6.45) is 15.3. The minimum atomic E-state index is -0.304. The summed E-state index contributed by atoms with van der Waals surface area (Å²) >= 11 is 0. The van der Waals surface area contributed by atoms with E-state index in [-0.39, 0.29) is 67.8 Å². The van der Waals surface area contributed by atoms with Crippen LogP contribution in [0, 0.1) is 40.5 Å². The number of carbonyl (C=O) groups excluding carboxylic acids is 3. The van der Waals surface area contributed by atoms with Crippen LogP contribution in [0.2, 0.25) is 0 Å². The molecule has 6 fully saturated rings. The van der Waals surface area contributed by atoms with E-state index in [2.05, 4.69) is 216 Å². The van der Waals surface area contributed by atoms with E-state index in [1.165, 1.54) is 105 Å². The van der Waals surface area contributed by atoms with Crippen LogP contribution in [0.25, 0.3) is 46.9 Å². The summed E-state index contributed by atoms with van der Waals surface area (Å²) < 4.78 is 29.2. The van der Waals surface area contributed by atoms with Crippen LogP contribution >= 0.6 is 0 Å². The number of nitrogens with zero attached hydrogens (tertiary/aromatic N) is 21. The third kappa shape index (κ3) is 21.2. The van der Waals surface area contributed by atoms with E-state index in [4.69, 9.17) is 78.4 Å². The zero-order valence-corrected chi connectivity index (χ0v) is 78.2. The van der Waals surface area contributed by atoms with Gasteiger partial charge in [-0.25, -0.2) is 19.7 Å². The third-order valence-electron chi connectivity index (χ3n) is 28.0. The number of rotatable bonds is 25. The Hall–Kier alpha value is -12.8. The predicted octanol–water partition coefficient (Wildman–Crippen LogP) is 11.6. The number of ether oxygens (including phenoxy) is 5. The Morgan fingerprint density at radius 1 is 0.429 bits per heavy atom. The van der Waals surface area contributed by atoms with Crippen LogP contribution in [-0.2, 0) is 62.8 Å². The summed E-state index contributed by atoms with van der Waals surface area (Å²) in [5, 5.41) is 16.7. The van der Waals surface area contributed by atoms with Crippen molar-refractivity contribution < 1.29 is 43.2 Å². The van der Waals surface area contributed by atoms with Crippen molar-refractivity contribution in [3.63, 3.8) is 0 Å². The first-order valence-corrected chi connectivity index (χ1v) is 47.0. The molecule has 3 amide bonds. The van der Waals surface area contributed by atoms with E-state index >= 15 is 0 Å². The Kier molecular flexibility index (Phi) is 30.4. The van der Waals surface area contributed by atoms with Gasteiger partial charge in [-0.05, 0) is 170 Å². The van der Waals surface area contributed by atoms with Crippen molar-refractivity contribution in [2.24, 2.45) is 0 Å². The third-order valence-corrected chi connectivity index (χ3v) is 28.0. The van der Waals surface area contributed by atoms with E-state index in [9.17, 15) is 14.4 Å². The quantitative estimate of drug-likeness (QED) is 0.0317. The number of aliphatic hydroxyl groups excluding tert-OH is 1. The van der Waals surface area contributed by atoms with Crippen molar-refractivity contribution >= 4 is 84.6 Å². The Balaban J connectivity index is 0.000000145. The number of methoxy groups -OCH3 is 2. The lowest BCUT2D eigenvalue weighted by Gasteiger charge is -2.41. The summed E-state index contributed by atoms with van der Waals surface area (Å²) in [5.74, 6) is 2.14. The molecule has 133 heavy (non-hydrogen) atoms. The smallest absolute Gasteiger partial charge is 0.318 e. The lowest BCUT2D eigenvalue weighted by Crippen LogP contribution is -2.57. The predicted molar refractivity (Wildman–Crippen MR) is 521 cm³/mol. The second-order valence-electron chi connectivity index (χ2n) is 36.3. The fraction of sp³-hybridized carbons (Fsp3) is 0.476. The van der Waals surface area contributed by atoms with Crippen LogP contribution in [0.4, 0.5) is 34.5 Å². The van der Waals surface area contributed by atoms with Crippen molar-refractivity contribution in [3.8, 4) is 18.0 Å². The van der Waals surface area contributed by atoms with Crippen LogP contribution < -0.4 is 43.6 Å². The molecule has 6 aromatic carbocycles. The number of amides is 3. The van der Waals surface area contributed by atoms with E-state index in [1.54, 1.807) is 29.1 Å². The van der Waals surface area contributed by atoms with Crippen molar-refractivity contribution in [2.75, 3.05) is 216 Å². The highest BCUT2D eigenvalue weighted by molar-refractivity contribution is 5.99. The van der Waals surface area contributed by atoms with Gasteiger partial charge in [-0.1, -0.05) is 110 Å². The van der Waals surface area contributed by atoms with E-state index < -0.39 is 0 Å². The lowest BCUT2D eigenvalue weighted by atomic mass is 9.99. The number of hydrogen-bond acceptors (Lipinski definition) is 24. The molecule has 0 radical (unpaired) electrons. The molecule has 9 aliphatic heterocycles. The van der Waals surface area contributed by atoms with Gasteiger partial charge in [-0.15, -0.1) is 0 Å². The van der Waals surface area contributed by atoms with Crippen LogP contribution in [-0.4, -0.2) is 305 Å². The van der Waals surface area contributed by atoms with Crippen molar-refractivity contribution in [1.29, 1.82) is 0 Å². The van der Waals surface area contributed by atoms with E-state index in [0.717, 1.165) is 129 Å². The fourth-order valence-corrected chi connectivity index (χ4v) is 20.8. The minimum Gasteiger partial charge on any atom is -0.492 e. The Labute approximate surface area is 781 Å². The molecular weight excluding hydrogens is 1680 g/mol. The standard InChI is InChI=1S/C35H43N7O3.2C34H41N7O3/c1-25-9-5-10-26-11-6-13-31(33(25)26)40-17-15-29-30(23-40)37-35(45-24-27-12-7-16-39(27)3)38-34(29)41-18-19-42(28(22-41)21-36-2)32(43)14-8-20-44-4;1-23-9-6-10-25-11-7-13-30(31(23)25)39-16-14-28-29(21-39)36-34(44-22-26-12-8-15-38(26)4)37-32(28)40-17-18-41(27(20-40)19-35-3)33(42)24(2)43-5;1-24-8-4-9-25-10-5-12-30(32(24)25)39-16-14-28-29(22-39)36-34(44-23-26-11-6-15-38(26)3)37-33(28)40-17-18-41(27(21-40)20-35-2)31(43)13-7-19-42/h5-6,8-11,13-14,27-28H,7,12,15-24H2,1,3-4H3;6-7,9-11,13,26-27H,2,8,12,14-22H2,1,4-5H3;4-5,7-10,12-13,26-27,42H,6,11,14-23H2,1,3H3/b14-8+;;13-7+/t27-,28-;2*26-,27-/m000/s1. The molecule has 6 saturated heterocycles. The summed E-state index contributed by atoms with van der Waals surface area (Å²) in [4.78, 5) is 106. The molecule has 9 aliphatic rings. The summed E-state index contributed by atoms with van der Waals surface area (Å²) in [7, 11) is 9.47. The van der Waals surface area contributed by atoms with Crippen LogP contribution in [0.15, 0.2) is 146 Å². The summed E-state index contributed by atoms with van der Waals surface area (Å²) in [6.45, 7) is 47.9. The van der Waals surface area contributed by atoms with Crippen molar-refractivity contribution in [1.82, 2.24) is 59.3 Å². The zero-order valence-electron chi connectivity index (χ0n) is 78.2. The van der Waals surface area contributed by atoms with Gasteiger partial charge in [0.2, 0.25) is 31.4 Å². The van der Waals surface area contributed by atoms with Gasteiger partial charge in [-0.3, -0.25) is 14.4 Å². The molecule has 3 aromatic heterocycles. The molecule has 18 rings (SSSR count). The Morgan fingerprint density at radius 3 is 1.08 bits per heavy atom. The number of benzene rings is 6. The SMILES string of the molecule is [C-]#[N+]C[C@H]1CN(c2nc(OC[C@@H]3CCCN3C)nc3c2CCN(c2cccc4cccc(C)c24)C3)CCN1C(=O)/C=C/CO.[C-]#[N+]C[C@H]1CN(c2nc(OC[C@@H]3CCCN3C)nc3c2CCN(c2cccc4cccc(C)c24)C3)CCN1C(=O)/C=C/COC.[C-]#[N+]C[C@H]1CN(c2nc(OC[C@@H]3CCCN3C)nc3c2CCN(c2cccc4cccc(C)c24)C3)CCN1C(=O)C(=C)OC. The lowest BCUT2D eigenvalue weighted by molar-refractivity contribution is -0.132. The van der Waals surface area contributed by atoms with Gasteiger partial charge in [-0.2, -0.15) is 29.9 Å². The number of anilines is 6. The Bertz CT molecular complexity index is 5900. The van der Waals surface area contributed by atoms with Gasteiger partial charge in [0.1, 0.15) is 55.4 Å². The summed E-state index contributed by atoms with van der Waals surface area (Å²) in [6, 6.07) is 40.3. The van der Waals surface area contributed by atoms with Gasteiger partial charge in [0, 0.05) is 166 Å². The number of aryl methyl sites for hydroxylation is 3. The number of aliphatic hydroxyl groups is 1. The topological polar surface area (TPSA) is 247 Å². The van der Waals surface area contributed by atoms with Gasteiger partial charge in [0.05, 0.1) is 57.0 Å². The highest BCUT2D eigenvalue weighted by Gasteiger charge is 2.41. The van der Waals surface area contributed by atoms with Crippen LogP contribution in [0.1, 0.15) is 89.0 Å². The first-order valence-electron chi connectivity index (χ1n) is 47.0. The van der Waals surface area contributed by atoms with Crippen LogP contribution in [0.5, 0.6) is 18.0 Å². The number of piperazine rings is 3. The summed E-state index contributed by atoms with van der Waals surface area (Å²) in [5.41, 5.74) is 13.7. The molecule has 9 aromatic rings. The number of fused-ring (bicyclic) bond motifs is 6. The maximum absolute atomic E-state index is 13.0. The second-order valence-corrected chi connectivity index (χ2v) is 36.3. The number of likely N-dealkylation sites (N-methyl/N-ethyl adjacent to an activating group) is 3. The molecule has 6 atom stereocenters. The van der Waals surface area contributed by atoms with E-state index in [0.29, 0.717) is 141 Å². The van der Waals surface area contributed by atoms with E-state index in [1.807, 2.05) is 4.90 Å². The first-order chi connectivity index (χ1) is 64.8. The molecule has 1 N–H and O–H groups in total. The average molecular weight is 1800 g/mol. The highest BCUT2D eigenvalue weighted by atomic mass is 16.5. The zero-order chi connectivity index (χ0) is 92.8. The maximum atomic E-state index is 13.0. The Morgan fingerprint density at radius 2 is 0.759 bits per heavy atom. The molecule has 0 saturated carbocycles. The van der Waals surface area contributed by atoms with Gasteiger partial charge < -0.3 is 102 Å². The van der Waals surface area contributed by atoms with Gasteiger partial charge >= 0.3 is 18.0 Å². The molecule has 0 unspecified atom stereocenters. The number of carbonyl (C=O) groups is 3. The molecule has 30 nitrogen and oxygen atoms in total. The molecule has 696 valence electrons. The monoisotopic (exact) mass is 1800 g/mol.